The molecule has 16 heavy (non-hydrogen) atoms. The van der Waals surface area contributed by atoms with Gasteiger partial charge in [0.25, 0.3) is 0 Å². The van der Waals surface area contributed by atoms with Gasteiger partial charge in [-0.25, -0.2) is 4.98 Å². The molecule has 0 bridgehead atoms. The number of rotatable bonds is 2. The van der Waals surface area contributed by atoms with Gasteiger partial charge in [0.2, 0.25) is 0 Å². The zero-order valence-corrected chi connectivity index (χ0v) is 9.10. The highest BCUT2D eigenvalue weighted by atomic mass is 16.5. The summed E-state index contributed by atoms with van der Waals surface area (Å²) >= 11 is 0. The van der Waals surface area contributed by atoms with E-state index in [1.807, 2.05) is 18.3 Å². The van der Waals surface area contributed by atoms with Crippen LogP contribution in [0.2, 0.25) is 0 Å². The predicted octanol–water partition coefficient (Wildman–Crippen LogP) is 1.64. The Morgan fingerprint density at radius 1 is 1.50 bits per heavy atom. The third kappa shape index (κ3) is 1.50. The number of ether oxygens (including phenoxy) is 1. The van der Waals surface area contributed by atoms with Crippen LogP contribution in [0.3, 0.4) is 0 Å². The van der Waals surface area contributed by atoms with Crippen LogP contribution in [0.5, 0.6) is 0 Å². The van der Waals surface area contributed by atoms with Crippen molar-refractivity contribution < 1.29 is 4.74 Å². The van der Waals surface area contributed by atoms with Gasteiger partial charge in [-0.3, -0.25) is 0 Å². The highest BCUT2D eigenvalue weighted by molar-refractivity contribution is 5.47. The molecule has 1 atom stereocenters. The van der Waals surface area contributed by atoms with Crippen LogP contribution in [0.25, 0.3) is 5.52 Å². The molecule has 2 N–H and O–H groups in total. The first-order chi connectivity index (χ1) is 7.88. The van der Waals surface area contributed by atoms with Crippen molar-refractivity contribution in [1.29, 1.82) is 0 Å². The van der Waals surface area contributed by atoms with Crippen molar-refractivity contribution in [2.75, 3.05) is 6.61 Å². The molecule has 1 saturated heterocycles. The van der Waals surface area contributed by atoms with E-state index in [4.69, 9.17) is 10.5 Å². The van der Waals surface area contributed by atoms with Gasteiger partial charge in [-0.15, -0.1) is 0 Å². The molecule has 1 aliphatic heterocycles. The Hall–Kier alpha value is -1.39. The van der Waals surface area contributed by atoms with Crippen molar-refractivity contribution in [2.24, 2.45) is 5.73 Å². The molecular formula is C12H15N3O. The van der Waals surface area contributed by atoms with E-state index < -0.39 is 0 Å². The summed E-state index contributed by atoms with van der Waals surface area (Å²) in [7, 11) is 0. The molecule has 1 fully saturated rings. The topological polar surface area (TPSA) is 52.5 Å². The van der Waals surface area contributed by atoms with Crippen LogP contribution in [-0.4, -0.2) is 16.0 Å². The van der Waals surface area contributed by atoms with Crippen LogP contribution in [0.1, 0.15) is 30.3 Å². The standard InChI is InChI=1S/C12H15N3O/c13-6-9-3-4-10-7-14-12(15(10)8-9)11-2-1-5-16-11/h3-4,7-8,11H,1-2,5-6,13H2. The van der Waals surface area contributed by atoms with E-state index in [0.717, 1.165) is 36.4 Å². The molecule has 0 aromatic carbocycles. The molecule has 4 heteroatoms. The van der Waals surface area contributed by atoms with E-state index in [-0.39, 0.29) is 6.10 Å². The number of imidazole rings is 1. The average Bonchev–Trinajstić information content (AvgIpc) is 2.96. The quantitative estimate of drug-likeness (QED) is 0.832. The Kier molecular flexibility index (Phi) is 2.38. The van der Waals surface area contributed by atoms with Crippen molar-refractivity contribution in [3.05, 3.63) is 35.9 Å². The summed E-state index contributed by atoms with van der Waals surface area (Å²) in [5.41, 5.74) is 7.86. The van der Waals surface area contributed by atoms with Gasteiger partial charge in [-0.2, -0.15) is 0 Å². The summed E-state index contributed by atoms with van der Waals surface area (Å²) < 4.78 is 7.76. The molecule has 1 aliphatic rings. The van der Waals surface area contributed by atoms with Crippen molar-refractivity contribution >= 4 is 5.52 Å². The lowest BCUT2D eigenvalue weighted by atomic mass is 10.2. The molecule has 2 aromatic heterocycles. The lowest BCUT2D eigenvalue weighted by Gasteiger charge is -2.09. The van der Waals surface area contributed by atoms with Crippen molar-refractivity contribution in [3.8, 4) is 0 Å². The third-order valence-corrected chi connectivity index (χ3v) is 3.07. The number of fused-ring (bicyclic) bond motifs is 1. The first-order valence-corrected chi connectivity index (χ1v) is 5.66. The second-order valence-electron chi connectivity index (χ2n) is 4.15. The Morgan fingerprint density at radius 3 is 3.19 bits per heavy atom. The van der Waals surface area contributed by atoms with Crippen LogP contribution in [0.4, 0.5) is 0 Å². The van der Waals surface area contributed by atoms with Crippen LogP contribution in [-0.2, 0) is 11.3 Å². The molecule has 0 spiro atoms. The average molecular weight is 217 g/mol. The minimum absolute atomic E-state index is 0.149. The molecule has 3 heterocycles. The van der Waals surface area contributed by atoms with Gasteiger partial charge in [0, 0.05) is 19.3 Å². The van der Waals surface area contributed by atoms with E-state index in [1.54, 1.807) is 0 Å². The molecule has 0 radical (unpaired) electrons. The van der Waals surface area contributed by atoms with Crippen LogP contribution in [0, 0.1) is 0 Å². The molecule has 0 saturated carbocycles. The molecule has 2 aromatic rings. The van der Waals surface area contributed by atoms with Crippen molar-refractivity contribution in [1.82, 2.24) is 9.38 Å². The number of nitrogens with zero attached hydrogens (tertiary/aromatic N) is 2. The summed E-state index contributed by atoms with van der Waals surface area (Å²) in [6.07, 6.45) is 6.27. The number of nitrogens with two attached hydrogens (primary N) is 1. The number of hydrogen-bond acceptors (Lipinski definition) is 3. The first-order valence-electron chi connectivity index (χ1n) is 5.66. The number of hydrogen-bond donors (Lipinski definition) is 1. The Labute approximate surface area is 94.0 Å². The lowest BCUT2D eigenvalue weighted by molar-refractivity contribution is 0.104. The largest absolute Gasteiger partial charge is 0.370 e. The highest BCUT2D eigenvalue weighted by Gasteiger charge is 2.21. The molecule has 0 aliphatic carbocycles. The van der Waals surface area contributed by atoms with Crippen molar-refractivity contribution in [2.45, 2.75) is 25.5 Å². The summed E-state index contributed by atoms with van der Waals surface area (Å²) in [6, 6.07) is 4.09. The maximum absolute atomic E-state index is 5.66. The zero-order chi connectivity index (χ0) is 11.0. The van der Waals surface area contributed by atoms with E-state index >= 15 is 0 Å². The minimum Gasteiger partial charge on any atom is -0.370 e. The van der Waals surface area contributed by atoms with Crippen LogP contribution in [0.15, 0.2) is 24.5 Å². The van der Waals surface area contributed by atoms with Gasteiger partial charge in [0.1, 0.15) is 11.9 Å². The minimum atomic E-state index is 0.149. The fourth-order valence-electron chi connectivity index (χ4n) is 2.19. The second-order valence-corrected chi connectivity index (χ2v) is 4.15. The van der Waals surface area contributed by atoms with Gasteiger partial charge < -0.3 is 14.9 Å². The van der Waals surface area contributed by atoms with E-state index in [0.29, 0.717) is 6.54 Å². The van der Waals surface area contributed by atoms with Gasteiger partial charge in [0.05, 0.1) is 11.7 Å². The molecule has 1 unspecified atom stereocenters. The number of aromatic nitrogens is 2. The van der Waals surface area contributed by atoms with Crippen LogP contribution < -0.4 is 5.73 Å². The summed E-state index contributed by atoms with van der Waals surface area (Å²) in [5.74, 6) is 1.00. The molecule has 4 nitrogen and oxygen atoms in total. The number of pyridine rings is 1. The van der Waals surface area contributed by atoms with Crippen LogP contribution >= 0.6 is 0 Å². The fraction of sp³-hybridized carbons (Fsp3) is 0.417. The van der Waals surface area contributed by atoms with E-state index in [1.165, 1.54) is 0 Å². The van der Waals surface area contributed by atoms with Gasteiger partial charge in [0.15, 0.2) is 0 Å². The summed E-state index contributed by atoms with van der Waals surface area (Å²) in [5, 5.41) is 0. The highest BCUT2D eigenvalue weighted by Crippen LogP contribution is 2.28. The smallest absolute Gasteiger partial charge is 0.142 e. The monoisotopic (exact) mass is 217 g/mol. The summed E-state index contributed by atoms with van der Waals surface area (Å²) in [6.45, 7) is 1.40. The SMILES string of the molecule is NCc1ccc2cnc(C3CCCO3)n2c1. The third-order valence-electron chi connectivity index (χ3n) is 3.07. The maximum Gasteiger partial charge on any atom is 0.142 e. The van der Waals surface area contributed by atoms with Gasteiger partial charge >= 0.3 is 0 Å². The molecular weight excluding hydrogens is 202 g/mol. The predicted molar refractivity (Wildman–Crippen MR) is 61.0 cm³/mol. The Morgan fingerprint density at radius 2 is 2.44 bits per heavy atom. The Balaban J connectivity index is 2.09. The van der Waals surface area contributed by atoms with Gasteiger partial charge in [-0.05, 0) is 24.5 Å². The van der Waals surface area contributed by atoms with E-state index in [9.17, 15) is 0 Å². The molecule has 3 rings (SSSR count). The Bertz CT molecular complexity index is 500. The first kappa shape index (κ1) is 9.81. The fourth-order valence-corrected chi connectivity index (χ4v) is 2.19. The molecule has 84 valence electrons. The maximum atomic E-state index is 5.66. The normalized spacial score (nSPS) is 20.7. The lowest BCUT2D eigenvalue weighted by Crippen LogP contribution is -2.04. The van der Waals surface area contributed by atoms with Crippen molar-refractivity contribution in [3.63, 3.8) is 0 Å². The zero-order valence-electron chi connectivity index (χ0n) is 9.10. The second kappa shape index (κ2) is 3.88. The molecule has 0 amide bonds. The van der Waals surface area contributed by atoms with Gasteiger partial charge in [-0.1, -0.05) is 6.07 Å². The van der Waals surface area contributed by atoms with E-state index in [2.05, 4.69) is 15.6 Å². The summed E-state index contributed by atoms with van der Waals surface area (Å²) in [4.78, 5) is 4.45.